The van der Waals surface area contributed by atoms with Crippen LogP contribution in [0.25, 0.3) is 0 Å². The number of nitrogens with one attached hydrogen (secondary N) is 1. The van der Waals surface area contributed by atoms with E-state index in [9.17, 15) is 13.2 Å². The van der Waals surface area contributed by atoms with Gasteiger partial charge in [-0.3, -0.25) is 9.35 Å². The molecule has 0 atom stereocenters. The van der Waals surface area contributed by atoms with Gasteiger partial charge in [0.05, 0.1) is 5.75 Å². The van der Waals surface area contributed by atoms with Gasteiger partial charge in [-0.05, 0) is 32.1 Å². The van der Waals surface area contributed by atoms with Crippen LogP contribution in [0.2, 0.25) is 0 Å². The van der Waals surface area contributed by atoms with E-state index < -0.39 is 15.9 Å². The van der Waals surface area contributed by atoms with Crippen LogP contribution < -0.4 is 5.32 Å². The van der Waals surface area contributed by atoms with Crippen molar-refractivity contribution in [2.24, 2.45) is 0 Å². The molecule has 0 rings (SSSR count). The lowest BCUT2D eigenvalue weighted by molar-refractivity contribution is -0.121. The van der Waals surface area contributed by atoms with Crippen molar-refractivity contribution in [2.75, 3.05) is 12.3 Å². The fourth-order valence-corrected chi connectivity index (χ4v) is 3.83. The Morgan fingerprint density at radius 1 is 0.733 bits per heavy atom. The maximum Gasteiger partial charge on any atom is 0.266 e. The fraction of sp³-hybridized carbons (Fsp3) is 0.875. The molecule has 30 heavy (non-hydrogen) atoms. The van der Waals surface area contributed by atoms with E-state index in [-0.39, 0.29) is 12.5 Å². The zero-order chi connectivity index (χ0) is 22.3. The van der Waals surface area contributed by atoms with E-state index in [1.54, 1.807) is 0 Å². The minimum atomic E-state index is -3.99. The van der Waals surface area contributed by atoms with E-state index in [0.717, 1.165) is 19.3 Å². The molecule has 5 nitrogen and oxygen atoms in total. The Bertz CT molecular complexity index is 517. The summed E-state index contributed by atoms with van der Waals surface area (Å²) < 4.78 is 29.7. The Kier molecular flexibility index (Phi) is 20.7. The highest BCUT2D eigenvalue weighted by Crippen LogP contribution is 2.12. The summed E-state index contributed by atoms with van der Waals surface area (Å²) in [5.41, 5.74) is 0. The lowest BCUT2D eigenvalue weighted by atomic mass is 10.1. The largest absolute Gasteiger partial charge is 0.355 e. The third kappa shape index (κ3) is 25.2. The first-order valence-corrected chi connectivity index (χ1v) is 13.9. The Morgan fingerprint density at radius 3 is 1.63 bits per heavy atom. The molecular formula is C24H47NO4S. The van der Waals surface area contributed by atoms with Crippen LogP contribution in [0.4, 0.5) is 0 Å². The molecule has 2 N–H and O–H groups in total. The van der Waals surface area contributed by atoms with Gasteiger partial charge in [0.25, 0.3) is 10.1 Å². The quantitative estimate of drug-likeness (QED) is 0.112. The molecule has 0 aliphatic carbocycles. The van der Waals surface area contributed by atoms with E-state index >= 15 is 0 Å². The van der Waals surface area contributed by atoms with Gasteiger partial charge in [-0.1, -0.05) is 96.1 Å². The topological polar surface area (TPSA) is 83.5 Å². The number of carbonyl (C=O) groups excluding carboxylic acids is 1. The van der Waals surface area contributed by atoms with Crippen LogP contribution >= 0.6 is 0 Å². The first-order chi connectivity index (χ1) is 14.5. The average molecular weight is 446 g/mol. The molecule has 0 aromatic rings. The van der Waals surface area contributed by atoms with Crippen molar-refractivity contribution >= 4 is 16.0 Å². The smallest absolute Gasteiger partial charge is 0.266 e. The molecule has 178 valence electrons. The van der Waals surface area contributed by atoms with Gasteiger partial charge in [0.15, 0.2) is 0 Å². The summed E-state index contributed by atoms with van der Waals surface area (Å²) in [6.07, 6.45) is 26.7. The van der Waals surface area contributed by atoms with Gasteiger partial charge in [-0.2, -0.15) is 8.42 Å². The van der Waals surface area contributed by atoms with Crippen LogP contribution in [-0.2, 0) is 14.9 Å². The minimum Gasteiger partial charge on any atom is -0.355 e. The molecule has 0 aromatic heterocycles. The molecule has 0 aliphatic rings. The molecule has 0 aromatic carbocycles. The Morgan fingerprint density at radius 2 is 1.17 bits per heavy atom. The minimum absolute atomic E-state index is 0.0212. The second kappa shape index (κ2) is 21.4. The maximum absolute atomic E-state index is 11.5. The second-order valence-electron chi connectivity index (χ2n) is 8.38. The molecule has 0 unspecified atom stereocenters. The van der Waals surface area contributed by atoms with E-state index in [0.29, 0.717) is 6.42 Å². The normalized spacial score (nSPS) is 11.9. The molecule has 0 bridgehead atoms. The van der Waals surface area contributed by atoms with Gasteiger partial charge in [0.1, 0.15) is 0 Å². The molecule has 0 saturated heterocycles. The van der Waals surface area contributed by atoms with Crippen LogP contribution in [0, 0.1) is 0 Å². The fourth-order valence-electron chi connectivity index (χ4n) is 3.47. The number of unbranched alkanes of at least 4 members (excludes halogenated alkanes) is 15. The standard InChI is InChI=1S/C24H47NO4S/c1-2-3-4-5-6-7-8-9-10-11-12-13-14-15-16-17-18-19-20-21-24(26)25-22-23-30(27,28)29/h9-10H,2-8,11-23H2,1H3,(H,25,26)(H,27,28,29)/b10-9-. The first-order valence-electron chi connectivity index (χ1n) is 12.3. The molecular weight excluding hydrogens is 398 g/mol. The van der Waals surface area contributed by atoms with Crippen molar-refractivity contribution < 1.29 is 17.8 Å². The third-order valence-electron chi connectivity index (χ3n) is 5.35. The third-order valence-corrected chi connectivity index (χ3v) is 6.07. The van der Waals surface area contributed by atoms with Crippen molar-refractivity contribution in [3.63, 3.8) is 0 Å². The highest BCUT2D eigenvalue weighted by Gasteiger charge is 2.06. The molecule has 0 spiro atoms. The van der Waals surface area contributed by atoms with Gasteiger partial charge < -0.3 is 5.32 Å². The summed E-state index contributed by atoms with van der Waals surface area (Å²) >= 11 is 0. The van der Waals surface area contributed by atoms with Crippen molar-refractivity contribution in [1.29, 1.82) is 0 Å². The summed E-state index contributed by atoms with van der Waals surface area (Å²) in [7, 11) is -3.99. The lowest BCUT2D eigenvalue weighted by Gasteiger charge is -2.04. The molecule has 0 radical (unpaired) electrons. The number of rotatable bonds is 22. The molecule has 0 saturated carbocycles. The van der Waals surface area contributed by atoms with Crippen LogP contribution in [0.3, 0.4) is 0 Å². The molecule has 0 fully saturated rings. The lowest BCUT2D eigenvalue weighted by Crippen LogP contribution is -2.28. The predicted molar refractivity (Wildman–Crippen MR) is 127 cm³/mol. The van der Waals surface area contributed by atoms with Crippen LogP contribution in [-0.4, -0.2) is 31.2 Å². The zero-order valence-corrected chi connectivity index (χ0v) is 20.2. The number of hydrogen-bond donors (Lipinski definition) is 2. The Labute approximate surface area is 186 Å². The van der Waals surface area contributed by atoms with Crippen molar-refractivity contribution in [1.82, 2.24) is 5.32 Å². The SMILES string of the molecule is CCCCCCCC/C=C\CCCCCCCCCCCC(=O)NCCS(=O)(=O)O. The van der Waals surface area contributed by atoms with E-state index in [1.165, 1.54) is 89.9 Å². The highest BCUT2D eigenvalue weighted by molar-refractivity contribution is 7.85. The van der Waals surface area contributed by atoms with Crippen molar-refractivity contribution in [3.05, 3.63) is 12.2 Å². The molecule has 0 heterocycles. The highest BCUT2D eigenvalue weighted by atomic mass is 32.2. The average Bonchev–Trinajstić information content (AvgIpc) is 2.68. The Hall–Kier alpha value is -0.880. The Balaban J connectivity index is 3.22. The van der Waals surface area contributed by atoms with Crippen LogP contribution in [0.1, 0.15) is 122 Å². The predicted octanol–water partition coefficient (Wildman–Crippen LogP) is 6.59. The zero-order valence-electron chi connectivity index (χ0n) is 19.4. The van der Waals surface area contributed by atoms with E-state index in [2.05, 4.69) is 24.4 Å². The monoisotopic (exact) mass is 445 g/mol. The summed E-state index contributed by atoms with van der Waals surface area (Å²) in [5, 5.41) is 2.52. The summed E-state index contributed by atoms with van der Waals surface area (Å²) in [6, 6.07) is 0. The van der Waals surface area contributed by atoms with Crippen LogP contribution in [0.15, 0.2) is 12.2 Å². The number of amides is 1. The second-order valence-corrected chi connectivity index (χ2v) is 9.96. The van der Waals surface area contributed by atoms with Crippen LogP contribution in [0.5, 0.6) is 0 Å². The van der Waals surface area contributed by atoms with Crippen molar-refractivity contribution in [3.8, 4) is 0 Å². The van der Waals surface area contributed by atoms with Gasteiger partial charge in [-0.25, -0.2) is 0 Å². The van der Waals surface area contributed by atoms with Gasteiger partial charge in [0, 0.05) is 13.0 Å². The van der Waals surface area contributed by atoms with E-state index in [1.807, 2.05) is 0 Å². The molecule has 0 aliphatic heterocycles. The summed E-state index contributed by atoms with van der Waals surface area (Å²) in [4.78, 5) is 11.5. The number of hydrogen-bond acceptors (Lipinski definition) is 3. The van der Waals surface area contributed by atoms with E-state index in [4.69, 9.17) is 4.55 Å². The van der Waals surface area contributed by atoms with Gasteiger partial charge in [0.2, 0.25) is 5.91 Å². The summed E-state index contributed by atoms with van der Waals surface area (Å²) in [6.45, 7) is 2.24. The van der Waals surface area contributed by atoms with Gasteiger partial charge >= 0.3 is 0 Å². The summed E-state index contributed by atoms with van der Waals surface area (Å²) in [5.74, 6) is -0.562. The molecule has 6 heteroatoms. The number of carbonyl (C=O) groups is 1. The van der Waals surface area contributed by atoms with Crippen molar-refractivity contribution in [2.45, 2.75) is 122 Å². The molecule has 1 amide bonds. The van der Waals surface area contributed by atoms with Gasteiger partial charge in [-0.15, -0.1) is 0 Å². The number of allylic oxidation sites excluding steroid dienone is 2. The first kappa shape index (κ1) is 29.1. The maximum atomic E-state index is 11.5.